The van der Waals surface area contributed by atoms with Crippen molar-refractivity contribution in [3.63, 3.8) is 0 Å². The van der Waals surface area contributed by atoms with Crippen LogP contribution in [0.3, 0.4) is 0 Å². The molecular formula is C7H8ClN2. The molecule has 0 spiro atoms. The molecule has 53 valence electrons. The monoisotopic (exact) mass is 155 g/mol. The average Bonchev–Trinajstić information content (AvgIpc) is 2.64. The molecular weight excluding hydrogens is 148 g/mol. The lowest BCUT2D eigenvalue weighted by Crippen LogP contribution is -1.94. The van der Waals surface area contributed by atoms with Crippen LogP contribution in [0.1, 0.15) is 19.8 Å². The maximum atomic E-state index is 5.81. The smallest absolute Gasteiger partial charge is 0.154 e. The lowest BCUT2D eigenvalue weighted by atomic mass is 10.1. The molecule has 1 saturated carbocycles. The van der Waals surface area contributed by atoms with Crippen LogP contribution < -0.4 is 5.43 Å². The molecule has 3 heteroatoms. The molecule has 0 amide bonds. The summed E-state index contributed by atoms with van der Waals surface area (Å²) in [6.45, 7) is 1.96. The number of hydrogen-bond donors (Lipinski definition) is 0. The molecule has 0 bridgehead atoms. The molecule has 2 aliphatic rings. The Balaban J connectivity index is 2.28. The van der Waals surface area contributed by atoms with E-state index in [4.69, 9.17) is 11.6 Å². The third-order valence-electron chi connectivity index (χ3n) is 1.89. The van der Waals surface area contributed by atoms with Gasteiger partial charge >= 0.3 is 0 Å². The maximum Gasteiger partial charge on any atom is 0.156 e. The Morgan fingerprint density at radius 1 is 1.50 bits per heavy atom. The second kappa shape index (κ2) is 1.99. The van der Waals surface area contributed by atoms with Crippen molar-refractivity contribution in [3.05, 3.63) is 11.3 Å². The zero-order valence-corrected chi connectivity index (χ0v) is 6.52. The highest BCUT2D eigenvalue weighted by Crippen LogP contribution is 2.40. The Morgan fingerprint density at radius 2 is 2.20 bits per heavy atom. The van der Waals surface area contributed by atoms with Gasteiger partial charge in [-0.2, -0.15) is 5.43 Å². The van der Waals surface area contributed by atoms with Gasteiger partial charge in [0.1, 0.15) is 0 Å². The molecule has 1 aliphatic carbocycles. The van der Waals surface area contributed by atoms with Gasteiger partial charge in [-0.15, -0.1) is 5.10 Å². The number of halogens is 1. The Kier molecular flexibility index (Phi) is 1.24. The van der Waals surface area contributed by atoms with Crippen molar-refractivity contribution in [2.45, 2.75) is 19.8 Å². The summed E-state index contributed by atoms with van der Waals surface area (Å²) in [5.41, 5.74) is 6.08. The average molecular weight is 156 g/mol. The summed E-state index contributed by atoms with van der Waals surface area (Å²) in [4.78, 5) is 0. The van der Waals surface area contributed by atoms with E-state index in [0.29, 0.717) is 11.1 Å². The molecule has 0 N–H and O–H groups in total. The van der Waals surface area contributed by atoms with Crippen LogP contribution in [-0.4, -0.2) is 5.17 Å². The van der Waals surface area contributed by atoms with Gasteiger partial charge in [-0.1, -0.05) is 11.6 Å². The molecule has 2 rings (SSSR count). The molecule has 0 unspecified atom stereocenters. The predicted octanol–water partition coefficient (Wildman–Crippen LogP) is 1.84. The minimum atomic E-state index is 0.611. The molecule has 0 saturated heterocycles. The first kappa shape index (κ1) is 6.23. The summed E-state index contributed by atoms with van der Waals surface area (Å²) in [5, 5.41) is 4.40. The van der Waals surface area contributed by atoms with Gasteiger partial charge < -0.3 is 0 Å². The van der Waals surface area contributed by atoms with Crippen LogP contribution in [-0.2, 0) is 0 Å². The molecule has 1 heterocycles. The van der Waals surface area contributed by atoms with Crippen molar-refractivity contribution in [1.82, 2.24) is 5.43 Å². The molecule has 0 aromatic rings. The topological polar surface area (TPSA) is 26.5 Å². The fraction of sp³-hybridized carbons (Fsp3) is 0.571. The van der Waals surface area contributed by atoms with Gasteiger partial charge in [-0.25, -0.2) is 0 Å². The first-order valence-electron chi connectivity index (χ1n) is 3.44. The number of nitrogens with zero attached hydrogens (tertiary/aromatic N) is 2. The van der Waals surface area contributed by atoms with E-state index in [-0.39, 0.29) is 0 Å². The highest BCUT2D eigenvalue weighted by molar-refractivity contribution is 6.70. The van der Waals surface area contributed by atoms with Crippen LogP contribution in [0, 0.1) is 5.92 Å². The van der Waals surface area contributed by atoms with E-state index in [1.807, 2.05) is 6.92 Å². The molecule has 2 nitrogen and oxygen atoms in total. The van der Waals surface area contributed by atoms with E-state index in [9.17, 15) is 0 Å². The van der Waals surface area contributed by atoms with Gasteiger partial charge in [0.05, 0.1) is 5.70 Å². The normalized spacial score (nSPS) is 24.8. The summed E-state index contributed by atoms with van der Waals surface area (Å²) in [6.07, 6.45) is 2.52. The van der Waals surface area contributed by atoms with Crippen molar-refractivity contribution < 1.29 is 0 Å². The van der Waals surface area contributed by atoms with Crippen LogP contribution in [0.5, 0.6) is 0 Å². The molecule has 1 fully saturated rings. The van der Waals surface area contributed by atoms with Gasteiger partial charge in [0.2, 0.25) is 0 Å². The van der Waals surface area contributed by atoms with Crippen LogP contribution in [0.2, 0.25) is 0 Å². The van der Waals surface area contributed by atoms with E-state index in [2.05, 4.69) is 10.5 Å². The summed E-state index contributed by atoms with van der Waals surface area (Å²) in [5.74, 6) is 0.669. The quantitative estimate of drug-likeness (QED) is 0.553. The van der Waals surface area contributed by atoms with Crippen molar-refractivity contribution in [2.75, 3.05) is 0 Å². The summed E-state index contributed by atoms with van der Waals surface area (Å²) in [6, 6.07) is 0. The Labute approximate surface area is 64.9 Å². The summed E-state index contributed by atoms with van der Waals surface area (Å²) >= 11 is 5.81. The van der Waals surface area contributed by atoms with E-state index in [1.165, 1.54) is 18.4 Å². The zero-order chi connectivity index (χ0) is 7.14. The van der Waals surface area contributed by atoms with Crippen LogP contribution in [0.15, 0.2) is 16.4 Å². The molecule has 0 aromatic heterocycles. The van der Waals surface area contributed by atoms with Gasteiger partial charge in [-0.05, 0) is 25.7 Å². The summed E-state index contributed by atoms with van der Waals surface area (Å²) < 4.78 is 0. The second-order valence-corrected chi connectivity index (χ2v) is 3.12. The number of hydrogen-bond acceptors (Lipinski definition) is 1. The standard InChI is InChI=1S/C7H8ClN2/c1-4-6(5-2-3-5)7(8)10-9-4/h5H,2-3H2,1H3. The SMILES string of the molecule is CC1=C(C2CC2)C(Cl)=N[N]1. The fourth-order valence-corrected chi connectivity index (χ4v) is 1.54. The van der Waals surface area contributed by atoms with Crippen LogP contribution in [0.4, 0.5) is 0 Å². The lowest BCUT2D eigenvalue weighted by Gasteiger charge is -1.95. The van der Waals surface area contributed by atoms with E-state index in [0.717, 1.165) is 5.70 Å². The third kappa shape index (κ3) is 0.833. The first-order valence-corrected chi connectivity index (χ1v) is 3.82. The van der Waals surface area contributed by atoms with E-state index in [1.54, 1.807) is 0 Å². The van der Waals surface area contributed by atoms with Crippen molar-refractivity contribution in [2.24, 2.45) is 11.0 Å². The van der Waals surface area contributed by atoms with E-state index >= 15 is 0 Å². The molecule has 1 aliphatic heterocycles. The number of rotatable bonds is 1. The van der Waals surface area contributed by atoms with Gasteiger partial charge in [-0.3, -0.25) is 0 Å². The Morgan fingerprint density at radius 3 is 2.60 bits per heavy atom. The predicted molar refractivity (Wildman–Crippen MR) is 40.8 cm³/mol. The van der Waals surface area contributed by atoms with Crippen LogP contribution >= 0.6 is 11.6 Å². The maximum absolute atomic E-state index is 5.81. The Bertz CT molecular complexity index is 226. The van der Waals surface area contributed by atoms with Crippen molar-refractivity contribution in [1.29, 1.82) is 0 Å². The van der Waals surface area contributed by atoms with Crippen molar-refractivity contribution >= 4 is 16.8 Å². The lowest BCUT2D eigenvalue weighted by molar-refractivity contribution is 0.878. The van der Waals surface area contributed by atoms with Crippen molar-refractivity contribution in [3.8, 4) is 0 Å². The fourth-order valence-electron chi connectivity index (χ4n) is 1.21. The molecule has 0 aromatic carbocycles. The number of allylic oxidation sites excluding steroid dienone is 2. The zero-order valence-electron chi connectivity index (χ0n) is 5.76. The first-order chi connectivity index (χ1) is 4.79. The van der Waals surface area contributed by atoms with Gasteiger partial charge in [0, 0.05) is 5.57 Å². The van der Waals surface area contributed by atoms with E-state index < -0.39 is 0 Å². The minimum Gasteiger partial charge on any atom is -0.154 e. The minimum absolute atomic E-state index is 0.611. The van der Waals surface area contributed by atoms with Gasteiger partial charge in [0.25, 0.3) is 0 Å². The highest BCUT2D eigenvalue weighted by Gasteiger charge is 2.32. The molecule has 10 heavy (non-hydrogen) atoms. The summed E-state index contributed by atoms with van der Waals surface area (Å²) in [7, 11) is 0. The van der Waals surface area contributed by atoms with Crippen LogP contribution in [0.25, 0.3) is 0 Å². The Hall–Kier alpha value is -0.500. The largest absolute Gasteiger partial charge is 0.156 e. The highest BCUT2D eigenvalue weighted by atomic mass is 35.5. The molecule has 0 atom stereocenters. The van der Waals surface area contributed by atoms with Gasteiger partial charge in [0.15, 0.2) is 5.17 Å². The second-order valence-electron chi connectivity index (χ2n) is 2.76. The third-order valence-corrected chi connectivity index (χ3v) is 2.16. The molecule has 1 radical (unpaired) electrons.